The number of rotatable bonds is 12. The predicted molar refractivity (Wildman–Crippen MR) is 121 cm³/mol. The van der Waals surface area contributed by atoms with Gasteiger partial charge in [-0.3, -0.25) is 4.79 Å². The average molecular weight is 485 g/mol. The second-order valence-corrected chi connectivity index (χ2v) is 7.66. The lowest BCUT2D eigenvalue weighted by Gasteiger charge is -2.28. The number of halogens is 3. The smallest absolute Gasteiger partial charge is 0.385 e. The van der Waals surface area contributed by atoms with E-state index in [1.54, 1.807) is 4.90 Å². The van der Waals surface area contributed by atoms with E-state index in [4.69, 9.17) is 9.47 Å². The van der Waals surface area contributed by atoms with E-state index in [0.29, 0.717) is 32.7 Å². The molecule has 1 heterocycles. The maximum Gasteiger partial charge on any atom is 0.418 e. The summed E-state index contributed by atoms with van der Waals surface area (Å²) >= 11 is 0. The number of benzene rings is 1. The van der Waals surface area contributed by atoms with Gasteiger partial charge in [0.15, 0.2) is 0 Å². The first-order chi connectivity index (χ1) is 16.2. The maximum absolute atomic E-state index is 13.3. The summed E-state index contributed by atoms with van der Waals surface area (Å²) in [6.07, 6.45) is -2.36. The van der Waals surface area contributed by atoms with Gasteiger partial charge in [-0.15, -0.1) is 0 Å². The molecule has 0 saturated heterocycles. The topological polar surface area (TPSA) is 76.0 Å². The number of alkyl halides is 3. The summed E-state index contributed by atoms with van der Waals surface area (Å²) < 4.78 is 52.0. The van der Waals surface area contributed by atoms with E-state index >= 15 is 0 Å². The van der Waals surface area contributed by atoms with Gasteiger partial charge in [0, 0.05) is 52.9 Å². The number of nitrogens with zero attached hydrogens (tertiary/aromatic N) is 3. The van der Waals surface area contributed by atoms with Crippen LogP contribution in [0.1, 0.15) is 17.7 Å². The van der Waals surface area contributed by atoms with Gasteiger partial charge in [-0.2, -0.15) is 13.2 Å². The fourth-order valence-corrected chi connectivity index (χ4v) is 3.30. The Balaban J connectivity index is 2.19. The zero-order chi connectivity index (χ0) is 25.1. The van der Waals surface area contributed by atoms with Crippen molar-refractivity contribution in [3.8, 4) is 0 Å². The number of nitrogens with one attached hydrogen (secondary N) is 1. The summed E-state index contributed by atoms with van der Waals surface area (Å²) in [5, 5.41) is 2.31. The van der Waals surface area contributed by atoms with Crippen molar-refractivity contribution < 1.29 is 32.2 Å². The summed E-state index contributed by atoms with van der Waals surface area (Å²) in [6.45, 7) is 1.04. The minimum Gasteiger partial charge on any atom is -0.385 e. The molecule has 0 atom stereocenters. The summed E-state index contributed by atoms with van der Waals surface area (Å²) in [5.41, 5.74) is -0.444. The minimum absolute atomic E-state index is 0.127. The van der Waals surface area contributed by atoms with Crippen molar-refractivity contribution in [2.75, 3.05) is 52.4 Å². The number of para-hydroxylation sites is 1. The number of aromatic nitrogens is 1. The van der Waals surface area contributed by atoms with Crippen molar-refractivity contribution in [2.24, 2.45) is 7.05 Å². The van der Waals surface area contributed by atoms with Crippen molar-refractivity contribution in [3.63, 3.8) is 0 Å². The molecule has 2 rings (SSSR count). The summed E-state index contributed by atoms with van der Waals surface area (Å²) in [6, 6.07) is 7.65. The third kappa shape index (κ3) is 8.07. The largest absolute Gasteiger partial charge is 0.418 e. The molecular weight excluding hydrogens is 453 g/mol. The van der Waals surface area contributed by atoms with E-state index in [1.807, 2.05) is 29.9 Å². The van der Waals surface area contributed by atoms with E-state index < -0.39 is 17.8 Å². The Labute approximate surface area is 197 Å². The molecule has 1 aromatic carbocycles. The van der Waals surface area contributed by atoms with E-state index in [2.05, 4.69) is 5.32 Å². The molecule has 188 valence electrons. The molecule has 0 saturated carbocycles. The van der Waals surface area contributed by atoms with Gasteiger partial charge < -0.3 is 29.2 Å². The van der Waals surface area contributed by atoms with E-state index in [0.717, 1.165) is 11.8 Å². The van der Waals surface area contributed by atoms with Crippen LogP contribution in [0.25, 0.3) is 0 Å². The van der Waals surface area contributed by atoms with Crippen LogP contribution in [-0.4, -0.2) is 73.4 Å². The fraction of sp³-hybridized carbons (Fsp3) is 0.478. The van der Waals surface area contributed by atoms with Crippen LogP contribution in [0.2, 0.25) is 0 Å². The summed E-state index contributed by atoms with van der Waals surface area (Å²) in [5.74, 6) is -0.352. The molecule has 11 heteroatoms. The van der Waals surface area contributed by atoms with Gasteiger partial charge in [-0.1, -0.05) is 12.1 Å². The number of anilines is 1. The number of methoxy groups -OCH3 is 2. The Morgan fingerprint density at radius 3 is 2.32 bits per heavy atom. The molecule has 1 aromatic heterocycles. The molecule has 0 spiro atoms. The molecule has 2 aromatic rings. The molecule has 0 unspecified atom stereocenters. The molecule has 0 bridgehead atoms. The zero-order valence-electron chi connectivity index (χ0n) is 19.6. The highest BCUT2D eigenvalue weighted by molar-refractivity contribution is 5.93. The van der Waals surface area contributed by atoms with Gasteiger partial charge >= 0.3 is 12.2 Å². The minimum atomic E-state index is -4.63. The van der Waals surface area contributed by atoms with Crippen LogP contribution in [0, 0.1) is 0 Å². The van der Waals surface area contributed by atoms with Gasteiger partial charge in [0.1, 0.15) is 6.54 Å². The fourth-order valence-electron chi connectivity index (χ4n) is 3.30. The predicted octanol–water partition coefficient (Wildman–Crippen LogP) is 3.59. The number of hydrogen-bond acceptors (Lipinski definition) is 4. The summed E-state index contributed by atoms with van der Waals surface area (Å²) in [7, 11) is 4.88. The van der Waals surface area contributed by atoms with Crippen molar-refractivity contribution in [2.45, 2.75) is 19.1 Å². The molecule has 0 aliphatic rings. The first kappa shape index (κ1) is 27.2. The molecule has 0 aliphatic carbocycles. The van der Waals surface area contributed by atoms with Gasteiger partial charge in [-0.05, 0) is 30.7 Å². The molecule has 34 heavy (non-hydrogen) atoms. The molecule has 3 amide bonds. The number of urea groups is 1. The molecular formula is C23H31F3N4O4. The van der Waals surface area contributed by atoms with Crippen LogP contribution in [0.4, 0.5) is 23.7 Å². The lowest BCUT2D eigenvalue weighted by atomic mass is 10.1. The third-order valence-corrected chi connectivity index (χ3v) is 5.19. The Kier molecular flexibility index (Phi) is 10.4. The number of carbonyl (C=O) groups is 2. The van der Waals surface area contributed by atoms with Gasteiger partial charge in [-0.25, -0.2) is 4.79 Å². The van der Waals surface area contributed by atoms with Crippen molar-refractivity contribution >= 4 is 17.6 Å². The summed E-state index contributed by atoms with van der Waals surface area (Å²) in [4.78, 5) is 28.8. The highest BCUT2D eigenvalue weighted by Gasteiger charge is 2.34. The number of ether oxygens (including phenoxy) is 2. The Morgan fingerprint density at radius 1 is 1.00 bits per heavy atom. The van der Waals surface area contributed by atoms with Gasteiger partial charge in [0.2, 0.25) is 5.91 Å². The first-order valence-electron chi connectivity index (χ1n) is 10.7. The lowest BCUT2D eigenvalue weighted by Crippen LogP contribution is -2.46. The van der Waals surface area contributed by atoms with Crippen molar-refractivity contribution in [1.29, 1.82) is 0 Å². The van der Waals surface area contributed by atoms with Crippen LogP contribution in [0.3, 0.4) is 0 Å². The number of hydrogen-bond donors (Lipinski definition) is 1. The second-order valence-electron chi connectivity index (χ2n) is 7.66. The average Bonchev–Trinajstić information content (AvgIpc) is 3.19. The van der Waals surface area contributed by atoms with E-state index in [9.17, 15) is 22.8 Å². The van der Waals surface area contributed by atoms with Crippen LogP contribution < -0.4 is 5.32 Å². The second kappa shape index (κ2) is 13.0. The number of carbonyl (C=O) groups excluding carboxylic acids is 2. The van der Waals surface area contributed by atoms with Gasteiger partial charge in [0.25, 0.3) is 0 Å². The first-order valence-corrected chi connectivity index (χ1v) is 10.7. The number of amides is 3. The molecule has 1 N–H and O–H groups in total. The quantitative estimate of drug-likeness (QED) is 0.467. The van der Waals surface area contributed by atoms with Crippen LogP contribution in [0.5, 0.6) is 0 Å². The van der Waals surface area contributed by atoms with E-state index in [1.165, 1.54) is 37.3 Å². The lowest BCUT2D eigenvalue weighted by molar-refractivity contribution is -0.137. The van der Waals surface area contributed by atoms with Crippen LogP contribution in [-0.2, 0) is 34.0 Å². The Bertz CT molecular complexity index is 933. The molecule has 0 aliphatic heterocycles. The van der Waals surface area contributed by atoms with Crippen LogP contribution >= 0.6 is 0 Å². The molecule has 0 fully saturated rings. The maximum atomic E-state index is 13.3. The third-order valence-electron chi connectivity index (χ3n) is 5.19. The van der Waals surface area contributed by atoms with Gasteiger partial charge in [0.05, 0.1) is 24.4 Å². The standard InChI is InChI=1S/C23H31F3N4O4/c1-28-11-6-8-18(28)16-29(13-15-34-3)21(31)17-30(12-7-14-33-2)22(32)27-20-10-5-4-9-19(20)23(24,25)26/h4-6,8-11H,7,12-17H2,1-3H3,(H,27,32). The highest BCUT2D eigenvalue weighted by Crippen LogP contribution is 2.34. The molecule has 0 radical (unpaired) electrons. The van der Waals surface area contributed by atoms with Crippen molar-refractivity contribution in [3.05, 3.63) is 53.9 Å². The zero-order valence-corrected chi connectivity index (χ0v) is 19.6. The monoisotopic (exact) mass is 484 g/mol. The molecule has 8 nitrogen and oxygen atoms in total. The van der Waals surface area contributed by atoms with Crippen LogP contribution in [0.15, 0.2) is 42.6 Å². The number of aryl methyl sites for hydroxylation is 1. The Morgan fingerprint density at radius 2 is 1.71 bits per heavy atom. The normalized spacial score (nSPS) is 11.4. The van der Waals surface area contributed by atoms with Crippen molar-refractivity contribution in [1.82, 2.24) is 14.4 Å². The van der Waals surface area contributed by atoms with E-state index in [-0.39, 0.29) is 24.7 Å². The Hall–Kier alpha value is -3.05. The SMILES string of the molecule is COCCCN(CC(=O)N(CCOC)Cc1cccn1C)C(=O)Nc1ccccc1C(F)(F)F. The highest BCUT2D eigenvalue weighted by atomic mass is 19.4.